The summed E-state index contributed by atoms with van der Waals surface area (Å²) in [4.78, 5) is 11.2. The summed E-state index contributed by atoms with van der Waals surface area (Å²) in [5.41, 5.74) is 0. The lowest BCUT2D eigenvalue weighted by molar-refractivity contribution is -0.270. The third-order valence-electron chi connectivity index (χ3n) is 2.64. The fourth-order valence-corrected chi connectivity index (χ4v) is 1.68. The van der Waals surface area contributed by atoms with E-state index >= 15 is 0 Å². The molecule has 2 amide bonds. The molecule has 0 saturated carbocycles. The van der Waals surface area contributed by atoms with E-state index in [0.717, 1.165) is 0 Å². The molecule has 0 aromatic rings. The third kappa shape index (κ3) is 3.05. The first-order valence-electron chi connectivity index (χ1n) is 5.18. The van der Waals surface area contributed by atoms with E-state index < -0.39 is 43.3 Å². The van der Waals surface area contributed by atoms with Crippen LogP contribution in [0.5, 0.6) is 0 Å². The van der Waals surface area contributed by atoms with Crippen molar-refractivity contribution in [3.05, 3.63) is 0 Å². The lowest BCUT2D eigenvalue weighted by Crippen LogP contribution is -2.65. The first kappa shape index (κ1) is 14.1. The van der Waals surface area contributed by atoms with Gasteiger partial charge in [0, 0.05) is 14.2 Å². The van der Waals surface area contributed by atoms with Crippen LogP contribution in [0, 0.1) is 0 Å². The molecule has 0 unspecified atom stereocenters. The molecule has 1 heterocycles. The van der Waals surface area contributed by atoms with Crippen LogP contribution in [0.15, 0.2) is 0 Å². The number of aliphatic hydroxyl groups is 3. The number of amides is 2. The zero-order valence-corrected chi connectivity index (χ0v) is 9.66. The molecular formula is C9H18N2O6. The highest BCUT2D eigenvalue weighted by Gasteiger charge is 2.45. The maximum absolute atomic E-state index is 11.2. The zero-order chi connectivity index (χ0) is 13.0. The van der Waals surface area contributed by atoms with Crippen molar-refractivity contribution >= 4 is 6.03 Å². The lowest BCUT2D eigenvalue weighted by atomic mass is 9.96. The molecule has 17 heavy (non-hydrogen) atoms. The molecule has 1 aliphatic heterocycles. The molecule has 5 atom stereocenters. The highest BCUT2D eigenvalue weighted by molar-refractivity contribution is 5.74. The first-order chi connectivity index (χ1) is 8.04. The molecule has 1 saturated heterocycles. The maximum Gasteiger partial charge on any atom is 0.314 e. The van der Waals surface area contributed by atoms with E-state index in [-0.39, 0.29) is 0 Å². The molecule has 5 N–H and O–H groups in total. The number of carbonyl (C=O) groups excluding carboxylic acids is 1. The SMILES string of the molecule is CNC(=O)N[C@@H]1[C@@H](O)[C@@H](OC)O[C@H](CO)[C@H]1O. The molecule has 1 aliphatic rings. The molecule has 0 bridgehead atoms. The standard InChI is InChI=1S/C9H18N2O6/c1-10-9(15)11-5-6(13)4(3-12)17-8(16-2)7(5)14/h4-8,12-14H,3H2,1-2H3,(H2,10,11,15)/t4-,5+,6-,7-,8+/m1/s1. The second-order valence-electron chi connectivity index (χ2n) is 3.69. The summed E-state index contributed by atoms with van der Waals surface area (Å²) in [6.07, 6.45) is -4.39. The number of aliphatic hydroxyl groups excluding tert-OH is 3. The molecule has 8 heteroatoms. The van der Waals surface area contributed by atoms with Gasteiger partial charge < -0.3 is 35.4 Å². The Hall–Kier alpha value is -0.930. The van der Waals surface area contributed by atoms with Crippen LogP contribution in [-0.4, -0.2) is 72.8 Å². The van der Waals surface area contributed by atoms with Gasteiger partial charge in [-0.05, 0) is 0 Å². The number of rotatable bonds is 3. The summed E-state index contributed by atoms with van der Waals surface area (Å²) in [5.74, 6) is 0. The van der Waals surface area contributed by atoms with Gasteiger partial charge in [0.05, 0.1) is 12.6 Å². The quantitative estimate of drug-likeness (QED) is 0.374. The van der Waals surface area contributed by atoms with Crippen molar-refractivity contribution in [1.29, 1.82) is 0 Å². The summed E-state index contributed by atoms with van der Waals surface area (Å²) in [6.45, 7) is -0.445. The second-order valence-corrected chi connectivity index (χ2v) is 3.69. The summed E-state index contributed by atoms with van der Waals surface area (Å²) < 4.78 is 9.97. The minimum atomic E-state index is -1.23. The van der Waals surface area contributed by atoms with E-state index in [1.54, 1.807) is 0 Å². The lowest BCUT2D eigenvalue weighted by Gasteiger charge is -2.41. The van der Waals surface area contributed by atoms with Crippen LogP contribution >= 0.6 is 0 Å². The largest absolute Gasteiger partial charge is 0.394 e. The fraction of sp³-hybridized carbons (Fsp3) is 0.889. The van der Waals surface area contributed by atoms with E-state index in [0.29, 0.717) is 0 Å². The van der Waals surface area contributed by atoms with Gasteiger partial charge in [0.2, 0.25) is 0 Å². The van der Waals surface area contributed by atoms with Gasteiger partial charge in [-0.15, -0.1) is 0 Å². The predicted molar refractivity (Wildman–Crippen MR) is 56.1 cm³/mol. The molecular weight excluding hydrogens is 232 g/mol. The van der Waals surface area contributed by atoms with Crippen molar-refractivity contribution in [2.24, 2.45) is 0 Å². The highest BCUT2D eigenvalue weighted by Crippen LogP contribution is 2.21. The van der Waals surface area contributed by atoms with Crippen LogP contribution in [0.2, 0.25) is 0 Å². The van der Waals surface area contributed by atoms with Crippen LogP contribution < -0.4 is 10.6 Å². The van der Waals surface area contributed by atoms with Gasteiger partial charge in [0.25, 0.3) is 0 Å². The fourth-order valence-electron chi connectivity index (χ4n) is 1.68. The van der Waals surface area contributed by atoms with Crippen molar-refractivity contribution in [2.45, 2.75) is 30.6 Å². The molecule has 100 valence electrons. The van der Waals surface area contributed by atoms with Crippen LogP contribution in [-0.2, 0) is 9.47 Å². The van der Waals surface area contributed by atoms with E-state index in [2.05, 4.69) is 10.6 Å². The Bertz CT molecular complexity index is 248. The van der Waals surface area contributed by atoms with Gasteiger partial charge >= 0.3 is 6.03 Å². The molecule has 0 aromatic carbocycles. The van der Waals surface area contributed by atoms with E-state index in [4.69, 9.17) is 14.6 Å². The van der Waals surface area contributed by atoms with Gasteiger partial charge in [-0.3, -0.25) is 0 Å². The molecule has 0 spiro atoms. The number of hydrogen-bond donors (Lipinski definition) is 5. The summed E-state index contributed by atoms with van der Waals surface area (Å²) >= 11 is 0. The zero-order valence-electron chi connectivity index (χ0n) is 9.66. The summed E-state index contributed by atoms with van der Waals surface area (Å²) in [7, 11) is 2.72. The molecule has 0 aliphatic carbocycles. The summed E-state index contributed by atoms with van der Waals surface area (Å²) in [6, 6.07) is -1.53. The van der Waals surface area contributed by atoms with Crippen molar-refractivity contribution in [1.82, 2.24) is 10.6 Å². The van der Waals surface area contributed by atoms with E-state index in [1.807, 2.05) is 0 Å². The Morgan fingerprint density at radius 1 is 1.41 bits per heavy atom. The van der Waals surface area contributed by atoms with Crippen molar-refractivity contribution < 1.29 is 29.6 Å². The number of nitrogens with one attached hydrogen (secondary N) is 2. The van der Waals surface area contributed by atoms with Crippen molar-refractivity contribution in [2.75, 3.05) is 20.8 Å². The Labute approximate surface area is 98.5 Å². The Kier molecular flexibility index (Phi) is 5.09. The first-order valence-corrected chi connectivity index (χ1v) is 5.18. The molecule has 1 fully saturated rings. The topological polar surface area (TPSA) is 120 Å². The van der Waals surface area contributed by atoms with Gasteiger partial charge in [0.15, 0.2) is 6.29 Å². The monoisotopic (exact) mass is 250 g/mol. The molecule has 0 radical (unpaired) electrons. The number of urea groups is 1. The summed E-state index contributed by atoms with van der Waals surface area (Å²) in [5, 5.41) is 33.3. The Balaban J connectivity index is 2.77. The molecule has 1 rings (SSSR count). The average molecular weight is 250 g/mol. The number of hydrogen-bond acceptors (Lipinski definition) is 6. The predicted octanol–water partition coefficient (Wildman–Crippen LogP) is -2.63. The van der Waals surface area contributed by atoms with E-state index in [9.17, 15) is 15.0 Å². The maximum atomic E-state index is 11.2. The number of ether oxygens (including phenoxy) is 2. The number of carbonyl (C=O) groups is 1. The van der Waals surface area contributed by atoms with Gasteiger partial charge in [-0.2, -0.15) is 0 Å². The minimum absolute atomic E-state index is 0.445. The van der Waals surface area contributed by atoms with Crippen LogP contribution in [0.25, 0.3) is 0 Å². The van der Waals surface area contributed by atoms with Crippen LogP contribution in [0.4, 0.5) is 4.79 Å². The van der Waals surface area contributed by atoms with Gasteiger partial charge in [-0.25, -0.2) is 4.79 Å². The third-order valence-corrected chi connectivity index (χ3v) is 2.64. The minimum Gasteiger partial charge on any atom is -0.394 e. The molecule has 8 nitrogen and oxygen atoms in total. The average Bonchev–Trinajstić information content (AvgIpc) is 2.34. The Morgan fingerprint density at radius 2 is 2.06 bits per heavy atom. The second kappa shape index (κ2) is 6.12. The smallest absolute Gasteiger partial charge is 0.314 e. The van der Waals surface area contributed by atoms with Crippen LogP contribution in [0.3, 0.4) is 0 Å². The van der Waals surface area contributed by atoms with Gasteiger partial charge in [-0.1, -0.05) is 0 Å². The van der Waals surface area contributed by atoms with Crippen molar-refractivity contribution in [3.63, 3.8) is 0 Å². The number of methoxy groups -OCH3 is 1. The Morgan fingerprint density at radius 3 is 2.53 bits per heavy atom. The highest BCUT2D eigenvalue weighted by atomic mass is 16.7. The normalized spacial score (nSPS) is 37.6. The van der Waals surface area contributed by atoms with Crippen LogP contribution in [0.1, 0.15) is 0 Å². The van der Waals surface area contributed by atoms with E-state index in [1.165, 1.54) is 14.2 Å². The van der Waals surface area contributed by atoms with Crippen molar-refractivity contribution in [3.8, 4) is 0 Å². The van der Waals surface area contributed by atoms with Gasteiger partial charge in [0.1, 0.15) is 18.3 Å². The molecule has 0 aromatic heterocycles.